The summed E-state index contributed by atoms with van der Waals surface area (Å²) in [6, 6.07) is 11.0. The molecule has 0 saturated heterocycles. The van der Waals surface area contributed by atoms with Crippen LogP contribution in [-0.4, -0.2) is 48.6 Å². The van der Waals surface area contributed by atoms with Crippen LogP contribution in [0.2, 0.25) is 0 Å². The van der Waals surface area contributed by atoms with E-state index < -0.39 is 0 Å². The molecule has 2 aromatic heterocycles. The van der Waals surface area contributed by atoms with Crippen molar-refractivity contribution in [2.24, 2.45) is 13.0 Å². The van der Waals surface area contributed by atoms with E-state index in [0.717, 1.165) is 28.6 Å². The summed E-state index contributed by atoms with van der Waals surface area (Å²) >= 11 is 0. The molecule has 182 valence electrons. The van der Waals surface area contributed by atoms with Crippen LogP contribution in [0.25, 0.3) is 22.3 Å². The smallest absolute Gasteiger partial charge is 0.251 e. The van der Waals surface area contributed by atoms with Crippen molar-refractivity contribution in [3.05, 3.63) is 53.7 Å². The van der Waals surface area contributed by atoms with E-state index in [-0.39, 0.29) is 18.6 Å². The second-order valence-electron chi connectivity index (χ2n) is 9.70. The van der Waals surface area contributed by atoms with Gasteiger partial charge in [0.15, 0.2) is 5.82 Å². The van der Waals surface area contributed by atoms with Gasteiger partial charge in [-0.2, -0.15) is 10.1 Å². The SMILES string of the molecule is CC(C)C[C@@H](CO)NC(=O)c1ccc(-c2nc(Nc3ccc4[nH]ncc4c3C3CC3)n(C)n2)cc1. The maximum absolute atomic E-state index is 12.6. The summed E-state index contributed by atoms with van der Waals surface area (Å²) < 4.78 is 1.73. The van der Waals surface area contributed by atoms with Crippen LogP contribution in [0.3, 0.4) is 0 Å². The molecule has 2 aromatic carbocycles. The minimum Gasteiger partial charge on any atom is -0.394 e. The van der Waals surface area contributed by atoms with Crippen LogP contribution in [-0.2, 0) is 7.05 Å². The summed E-state index contributed by atoms with van der Waals surface area (Å²) in [5.74, 6) is 1.94. The predicted molar refractivity (Wildman–Crippen MR) is 136 cm³/mol. The lowest BCUT2D eigenvalue weighted by Crippen LogP contribution is -2.38. The number of nitrogens with one attached hydrogen (secondary N) is 3. The summed E-state index contributed by atoms with van der Waals surface area (Å²) in [5.41, 5.74) is 4.69. The largest absolute Gasteiger partial charge is 0.394 e. The number of fused-ring (bicyclic) bond motifs is 1. The number of nitrogens with zero attached hydrogens (tertiary/aromatic N) is 4. The van der Waals surface area contributed by atoms with Crippen LogP contribution in [0.15, 0.2) is 42.6 Å². The van der Waals surface area contributed by atoms with Crippen molar-refractivity contribution in [1.29, 1.82) is 0 Å². The first kappa shape index (κ1) is 23.0. The zero-order chi connectivity index (χ0) is 24.5. The van der Waals surface area contributed by atoms with Crippen molar-refractivity contribution in [3.63, 3.8) is 0 Å². The molecule has 4 N–H and O–H groups in total. The van der Waals surface area contributed by atoms with Gasteiger partial charge >= 0.3 is 0 Å². The van der Waals surface area contributed by atoms with Gasteiger partial charge in [-0.3, -0.25) is 9.89 Å². The zero-order valence-electron chi connectivity index (χ0n) is 20.2. The van der Waals surface area contributed by atoms with Gasteiger partial charge in [0.2, 0.25) is 5.95 Å². The second kappa shape index (κ2) is 9.50. The molecule has 0 radical (unpaired) electrons. The molecule has 1 saturated carbocycles. The monoisotopic (exact) mass is 473 g/mol. The Balaban J connectivity index is 1.33. The highest BCUT2D eigenvalue weighted by molar-refractivity contribution is 5.94. The fourth-order valence-corrected chi connectivity index (χ4v) is 4.48. The molecule has 1 amide bonds. The van der Waals surface area contributed by atoms with Crippen LogP contribution in [0, 0.1) is 5.92 Å². The van der Waals surface area contributed by atoms with E-state index in [1.54, 1.807) is 16.8 Å². The third-order valence-corrected chi connectivity index (χ3v) is 6.38. The van der Waals surface area contributed by atoms with E-state index in [4.69, 9.17) is 4.98 Å². The number of anilines is 2. The number of hydrogen-bond acceptors (Lipinski definition) is 6. The second-order valence-corrected chi connectivity index (χ2v) is 9.70. The van der Waals surface area contributed by atoms with Crippen molar-refractivity contribution in [1.82, 2.24) is 30.3 Å². The summed E-state index contributed by atoms with van der Waals surface area (Å²) in [7, 11) is 1.86. The lowest BCUT2D eigenvalue weighted by atomic mass is 10.0. The normalized spacial score (nSPS) is 14.4. The van der Waals surface area contributed by atoms with Crippen molar-refractivity contribution in [2.45, 2.75) is 45.1 Å². The minimum absolute atomic E-state index is 0.0777. The molecule has 1 aliphatic rings. The molecule has 9 heteroatoms. The summed E-state index contributed by atoms with van der Waals surface area (Å²) in [6.07, 6.45) is 4.97. The molecule has 0 aliphatic heterocycles. The topological polar surface area (TPSA) is 121 Å². The number of benzene rings is 2. The van der Waals surface area contributed by atoms with Crippen LogP contribution in [0.4, 0.5) is 11.6 Å². The van der Waals surface area contributed by atoms with E-state index in [2.05, 4.69) is 45.8 Å². The van der Waals surface area contributed by atoms with Gasteiger partial charge in [0.05, 0.1) is 24.4 Å². The number of rotatable bonds is 9. The third kappa shape index (κ3) is 4.90. The molecule has 0 spiro atoms. The van der Waals surface area contributed by atoms with Crippen molar-refractivity contribution >= 4 is 28.4 Å². The molecule has 2 heterocycles. The number of carbonyl (C=O) groups is 1. The van der Waals surface area contributed by atoms with E-state index in [1.165, 1.54) is 18.4 Å². The standard InChI is InChI=1S/C26H31N7O2/c1-15(2)12-19(14-34)28-25(35)18-8-6-17(7-9-18)24-30-26(33(3)32-24)29-22-11-10-21-20(13-27-31-21)23(22)16-4-5-16/h6-11,13,15-16,19,34H,4-5,12,14H2,1-3H3,(H,27,31)(H,28,35)(H,29,30,32)/t19-/m0/s1. The molecule has 1 atom stereocenters. The zero-order valence-corrected chi connectivity index (χ0v) is 20.2. The number of aromatic amines is 1. The Morgan fingerprint density at radius 3 is 2.66 bits per heavy atom. The van der Waals surface area contributed by atoms with Crippen molar-refractivity contribution in [2.75, 3.05) is 11.9 Å². The first-order chi connectivity index (χ1) is 16.9. The Morgan fingerprint density at radius 1 is 1.20 bits per heavy atom. The number of aliphatic hydroxyl groups excluding tert-OH is 1. The summed E-state index contributed by atoms with van der Waals surface area (Å²) in [6.45, 7) is 4.05. The first-order valence-electron chi connectivity index (χ1n) is 12.1. The maximum atomic E-state index is 12.6. The minimum atomic E-state index is -0.255. The number of carbonyl (C=O) groups excluding carboxylic acids is 1. The molecule has 4 aromatic rings. The summed E-state index contributed by atoms with van der Waals surface area (Å²) in [4.78, 5) is 17.3. The average Bonchev–Trinajstić information content (AvgIpc) is 3.45. The highest BCUT2D eigenvalue weighted by Crippen LogP contribution is 2.47. The molecule has 0 bridgehead atoms. The number of hydrogen-bond donors (Lipinski definition) is 4. The van der Waals surface area contributed by atoms with Gasteiger partial charge in [-0.05, 0) is 60.9 Å². The number of aromatic nitrogens is 5. The Kier molecular flexibility index (Phi) is 6.25. The molecule has 35 heavy (non-hydrogen) atoms. The quantitative estimate of drug-likeness (QED) is 0.290. The average molecular weight is 474 g/mol. The number of aryl methyl sites for hydroxylation is 1. The summed E-state index contributed by atoms with van der Waals surface area (Å²) in [5, 5.41) is 28.9. The van der Waals surface area contributed by atoms with Gasteiger partial charge in [-0.25, -0.2) is 4.68 Å². The Bertz CT molecular complexity index is 1340. The Labute approximate surface area is 204 Å². The first-order valence-corrected chi connectivity index (χ1v) is 12.1. The number of amides is 1. The van der Waals surface area contributed by atoms with Crippen LogP contribution in [0.5, 0.6) is 0 Å². The number of aliphatic hydroxyl groups is 1. The molecular weight excluding hydrogens is 442 g/mol. The lowest BCUT2D eigenvalue weighted by Gasteiger charge is -2.18. The van der Waals surface area contributed by atoms with Crippen LogP contribution >= 0.6 is 0 Å². The Hall–Kier alpha value is -3.72. The van der Waals surface area contributed by atoms with Crippen LogP contribution in [0.1, 0.15) is 54.9 Å². The van der Waals surface area contributed by atoms with Crippen LogP contribution < -0.4 is 10.6 Å². The number of H-pyrrole nitrogens is 1. The molecule has 1 aliphatic carbocycles. The van der Waals surface area contributed by atoms with Crippen molar-refractivity contribution in [3.8, 4) is 11.4 Å². The predicted octanol–water partition coefficient (Wildman–Crippen LogP) is 4.12. The van der Waals surface area contributed by atoms with E-state index in [9.17, 15) is 9.90 Å². The van der Waals surface area contributed by atoms with Crippen molar-refractivity contribution < 1.29 is 9.90 Å². The lowest BCUT2D eigenvalue weighted by molar-refractivity contribution is 0.0908. The van der Waals surface area contributed by atoms with Gasteiger partial charge in [-0.1, -0.05) is 26.0 Å². The fraction of sp³-hybridized carbons (Fsp3) is 0.385. The maximum Gasteiger partial charge on any atom is 0.251 e. The third-order valence-electron chi connectivity index (χ3n) is 6.38. The molecule has 9 nitrogen and oxygen atoms in total. The Morgan fingerprint density at radius 2 is 1.97 bits per heavy atom. The molecule has 5 rings (SSSR count). The van der Waals surface area contributed by atoms with E-state index in [1.807, 2.05) is 31.4 Å². The molecule has 1 fully saturated rings. The van der Waals surface area contributed by atoms with Gasteiger partial charge in [0.25, 0.3) is 5.91 Å². The molecular formula is C26H31N7O2. The highest BCUT2D eigenvalue weighted by Gasteiger charge is 2.29. The highest BCUT2D eigenvalue weighted by atomic mass is 16.3. The van der Waals surface area contributed by atoms with Gasteiger partial charge < -0.3 is 15.7 Å². The molecule has 0 unspecified atom stereocenters. The van der Waals surface area contributed by atoms with Gasteiger partial charge in [0, 0.05) is 29.2 Å². The fourth-order valence-electron chi connectivity index (χ4n) is 4.48. The van der Waals surface area contributed by atoms with Gasteiger partial charge in [0.1, 0.15) is 0 Å². The van der Waals surface area contributed by atoms with Gasteiger partial charge in [-0.15, -0.1) is 5.10 Å². The van der Waals surface area contributed by atoms with E-state index >= 15 is 0 Å². The van der Waals surface area contributed by atoms with E-state index in [0.29, 0.717) is 29.2 Å².